The second-order valence-corrected chi connectivity index (χ2v) is 6.72. The molecule has 0 aromatic carbocycles. The normalized spacial score (nSPS) is 18.6. The summed E-state index contributed by atoms with van der Waals surface area (Å²) in [4.78, 5) is 0. The summed E-state index contributed by atoms with van der Waals surface area (Å²) in [7, 11) is 2.05. The molecule has 1 aliphatic carbocycles. The predicted molar refractivity (Wildman–Crippen MR) is 83.3 cm³/mol. The Morgan fingerprint density at radius 3 is 2.63 bits per heavy atom. The fraction of sp³-hybridized carbons (Fsp3) is 0.800. The van der Waals surface area contributed by atoms with Crippen LogP contribution in [0.15, 0.2) is 4.47 Å². The second-order valence-electron chi connectivity index (χ2n) is 5.93. The van der Waals surface area contributed by atoms with Crippen LogP contribution in [0, 0.1) is 18.8 Å². The van der Waals surface area contributed by atoms with Crippen molar-refractivity contribution in [2.24, 2.45) is 18.9 Å². The highest BCUT2D eigenvalue weighted by atomic mass is 79.9. The van der Waals surface area contributed by atoms with Crippen LogP contribution in [0.2, 0.25) is 0 Å². The third-order valence-corrected chi connectivity index (χ3v) is 5.36. The fourth-order valence-electron chi connectivity index (χ4n) is 2.83. The first-order chi connectivity index (χ1) is 9.04. The van der Waals surface area contributed by atoms with Crippen molar-refractivity contribution < 1.29 is 0 Å². The predicted octanol–water partition coefficient (Wildman–Crippen LogP) is 3.45. The molecular weight excluding hydrogens is 302 g/mol. The van der Waals surface area contributed by atoms with Crippen molar-refractivity contribution >= 4 is 15.9 Å². The molecule has 1 saturated carbocycles. The Hall–Kier alpha value is -0.350. The van der Waals surface area contributed by atoms with Crippen LogP contribution in [0.25, 0.3) is 0 Å². The van der Waals surface area contributed by atoms with E-state index in [9.17, 15) is 0 Å². The summed E-state index contributed by atoms with van der Waals surface area (Å²) in [5.74, 6) is 1.69. The lowest BCUT2D eigenvalue weighted by Crippen LogP contribution is -2.38. The quantitative estimate of drug-likeness (QED) is 0.831. The first kappa shape index (κ1) is 15.0. The van der Waals surface area contributed by atoms with Crippen LogP contribution in [0.1, 0.15) is 44.5 Å². The van der Waals surface area contributed by atoms with Crippen molar-refractivity contribution in [3.05, 3.63) is 15.9 Å². The standard InChI is InChI=1S/C15H26BrN3/c1-5-8-17-13(10(2)12-6-7-12)9-14-15(16)11(3)18-19(14)4/h10,12-13,17H,5-9H2,1-4H3. The zero-order chi connectivity index (χ0) is 14.0. The zero-order valence-corrected chi connectivity index (χ0v) is 14.1. The molecule has 1 aromatic heterocycles. The van der Waals surface area contributed by atoms with E-state index >= 15 is 0 Å². The van der Waals surface area contributed by atoms with Crippen LogP contribution in [0.4, 0.5) is 0 Å². The van der Waals surface area contributed by atoms with E-state index in [4.69, 9.17) is 0 Å². The van der Waals surface area contributed by atoms with E-state index in [1.54, 1.807) is 0 Å². The highest BCUT2D eigenvalue weighted by molar-refractivity contribution is 9.10. The maximum atomic E-state index is 4.51. The summed E-state index contributed by atoms with van der Waals surface area (Å²) in [6.07, 6.45) is 5.09. The number of nitrogens with zero attached hydrogens (tertiary/aromatic N) is 2. The van der Waals surface area contributed by atoms with Gasteiger partial charge in [0.2, 0.25) is 0 Å². The lowest BCUT2D eigenvalue weighted by atomic mass is 9.92. The lowest BCUT2D eigenvalue weighted by molar-refractivity contribution is 0.334. The minimum atomic E-state index is 0.568. The summed E-state index contributed by atoms with van der Waals surface area (Å²) in [6, 6.07) is 0.568. The van der Waals surface area contributed by atoms with Crippen molar-refractivity contribution in [1.82, 2.24) is 15.1 Å². The molecule has 0 bridgehead atoms. The van der Waals surface area contributed by atoms with Crippen LogP contribution in [0.3, 0.4) is 0 Å². The molecule has 0 saturated heterocycles. The van der Waals surface area contributed by atoms with Gasteiger partial charge in [-0.15, -0.1) is 0 Å². The van der Waals surface area contributed by atoms with Gasteiger partial charge in [0.15, 0.2) is 0 Å². The Morgan fingerprint density at radius 2 is 2.16 bits per heavy atom. The first-order valence-electron chi connectivity index (χ1n) is 7.46. The molecule has 0 aliphatic heterocycles. The van der Waals surface area contributed by atoms with Gasteiger partial charge < -0.3 is 5.32 Å². The molecule has 1 heterocycles. The number of hydrogen-bond donors (Lipinski definition) is 1. The SMILES string of the molecule is CCCNC(Cc1c(Br)c(C)nn1C)C(C)C1CC1. The van der Waals surface area contributed by atoms with Gasteiger partial charge in [-0.25, -0.2) is 0 Å². The van der Waals surface area contributed by atoms with Crippen molar-refractivity contribution in [2.75, 3.05) is 6.54 Å². The van der Waals surface area contributed by atoms with Gasteiger partial charge in [-0.1, -0.05) is 13.8 Å². The van der Waals surface area contributed by atoms with Crippen LogP contribution >= 0.6 is 15.9 Å². The minimum absolute atomic E-state index is 0.568. The first-order valence-corrected chi connectivity index (χ1v) is 8.25. The Balaban J connectivity index is 2.09. The van der Waals surface area contributed by atoms with Crippen LogP contribution in [-0.2, 0) is 13.5 Å². The van der Waals surface area contributed by atoms with Gasteiger partial charge in [0.1, 0.15) is 0 Å². The Morgan fingerprint density at radius 1 is 1.47 bits per heavy atom. The molecule has 2 unspecified atom stereocenters. The number of hydrogen-bond acceptors (Lipinski definition) is 2. The maximum Gasteiger partial charge on any atom is 0.0738 e. The molecule has 1 aromatic rings. The van der Waals surface area contributed by atoms with Crippen molar-refractivity contribution in [3.8, 4) is 0 Å². The molecule has 108 valence electrons. The molecule has 4 heteroatoms. The van der Waals surface area contributed by atoms with Gasteiger partial charge in [0.25, 0.3) is 0 Å². The lowest BCUT2D eigenvalue weighted by Gasteiger charge is -2.25. The number of aryl methyl sites for hydroxylation is 2. The van der Waals surface area contributed by atoms with Crippen LogP contribution < -0.4 is 5.32 Å². The highest BCUT2D eigenvalue weighted by Gasteiger charge is 2.33. The Labute approximate surface area is 125 Å². The second kappa shape index (κ2) is 6.40. The molecule has 2 rings (SSSR count). The monoisotopic (exact) mass is 327 g/mol. The number of aromatic nitrogens is 2. The van der Waals surface area contributed by atoms with E-state index < -0.39 is 0 Å². The van der Waals surface area contributed by atoms with Gasteiger partial charge >= 0.3 is 0 Å². The molecule has 0 amide bonds. The van der Waals surface area contributed by atoms with E-state index in [1.165, 1.54) is 29.4 Å². The average Bonchev–Trinajstić information content (AvgIpc) is 3.18. The summed E-state index contributed by atoms with van der Waals surface area (Å²) in [6.45, 7) is 7.81. The maximum absolute atomic E-state index is 4.51. The van der Waals surface area contributed by atoms with Gasteiger partial charge in [0, 0.05) is 19.5 Å². The minimum Gasteiger partial charge on any atom is -0.313 e. The van der Waals surface area contributed by atoms with Crippen molar-refractivity contribution in [2.45, 2.75) is 52.5 Å². The number of halogens is 1. The summed E-state index contributed by atoms with van der Waals surface area (Å²) >= 11 is 3.69. The van der Waals surface area contributed by atoms with E-state index in [0.717, 1.165) is 30.5 Å². The van der Waals surface area contributed by atoms with Crippen LogP contribution in [0.5, 0.6) is 0 Å². The largest absolute Gasteiger partial charge is 0.313 e. The van der Waals surface area contributed by atoms with Gasteiger partial charge in [-0.2, -0.15) is 5.10 Å². The average molecular weight is 328 g/mol. The highest BCUT2D eigenvalue weighted by Crippen LogP contribution is 2.39. The molecule has 1 fully saturated rings. The fourth-order valence-corrected chi connectivity index (χ4v) is 3.33. The number of nitrogens with one attached hydrogen (secondary N) is 1. The molecule has 1 N–H and O–H groups in total. The summed E-state index contributed by atoms with van der Waals surface area (Å²) in [5.41, 5.74) is 2.41. The topological polar surface area (TPSA) is 29.9 Å². The summed E-state index contributed by atoms with van der Waals surface area (Å²) in [5, 5.41) is 8.25. The Kier molecular flexibility index (Phi) is 5.07. The zero-order valence-electron chi connectivity index (χ0n) is 12.5. The van der Waals surface area contributed by atoms with E-state index in [0.29, 0.717) is 6.04 Å². The third kappa shape index (κ3) is 3.60. The smallest absolute Gasteiger partial charge is 0.0738 e. The third-order valence-electron chi connectivity index (χ3n) is 4.33. The summed E-state index contributed by atoms with van der Waals surface area (Å²) < 4.78 is 3.21. The van der Waals surface area contributed by atoms with Crippen molar-refractivity contribution in [3.63, 3.8) is 0 Å². The Bertz CT molecular complexity index is 423. The van der Waals surface area contributed by atoms with Gasteiger partial charge in [-0.3, -0.25) is 4.68 Å². The van der Waals surface area contributed by atoms with E-state index in [-0.39, 0.29) is 0 Å². The molecular formula is C15H26BrN3. The van der Waals surface area contributed by atoms with Crippen molar-refractivity contribution in [1.29, 1.82) is 0 Å². The molecule has 3 nitrogen and oxygen atoms in total. The molecule has 2 atom stereocenters. The number of rotatable bonds is 7. The van der Waals surface area contributed by atoms with E-state index in [2.05, 4.69) is 47.1 Å². The molecule has 19 heavy (non-hydrogen) atoms. The molecule has 0 spiro atoms. The molecule has 0 radical (unpaired) electrons. The van der Waals surface area contributed by atoms with E-state index in [1.807, 2.05) is 11.7 Å². The van der Waals surface area contributed by atoms with Gasteiger partial charge in [-0.05, 0) is 60.5 Å². The molecule has 1 aliphatic rings. The van der Waals surface area contributed by atoms with Crippen LogP contribution in [-0.4, -0.2) is 22.4 Å². The van der Waals surface area contributed by atoms with Gasteiger partial charge in [0.05, 0.1) is 15.9 Å².